The van der Waals surface area contributed by atoms with E-state index in [1.165, 1.54) is 6.07 Å². The smallest absolute Gasteiger partial charge is 0.123 e. The molecule has 3 heteroatoms. The normalized spacial score (nSPS) is 26.8. The van der Waals surface area contributed by atoms with Gasteiger partial charge in [0.05, 0.1) is 6.10 Å². The highest BCUT2D eigenvalue weighted by molar-refractivity contribution is 5.20. The van der Waals surface area contributed by atoms with E-state index in [4.69, 9.17) is 4.74 Å². The van der Waals surface area contributed by atoms with Crippen LogP contribution in [0.15, 0.2) is 24.3 Å². The van der Waals surface area contributed by atoms with Gasteiger partial charge in [-0.05, 0) is 38.0 Å². The van der Waals surface area contributed by atoms with Crippen molar-refractivity contribution in [1.82, 2.24) is 5.32 Å². The highest BCUT2D eigenvalue weighted by Gasteiger charge is 2.49. The van der Waals surface area contributed by atoms with E-state index in [9.17, 15) is 4.39 Å². The molecule has 2 nitrogen and oxygen atoms in total. The molecular weight excluding hydrogens is 241 g/mol. The summed E-state index contributed by atoms with van der Waals surface area (Å²) in [5.41, 5.74) is 1.13. The summed E-state index contributed by atoms with van der Waals surface area (Å²) in [6.45, 7) is 9.34. The van der Waals surface area contributed by atoms with E-state index >= 15 is 0 Å². The molecule has 19 heavy (non-hydrogen) atoms. The molecule has 106 valence electrons. The Morgan fingerprint density at radius 2 is 2.21 bits per heavy atom. The molecule has 1 aliphatic rings. The van der Waals surface area contributed by atoms with Crippen LogP contribution in [-0.2, 0) is 4.74 Å². The van der Waals surface area contributed by atoms with Crippen molar-refractivity contribution in [2.24, 2.45) is 5.41 Å². The largest absolute Gasteiger partial charge is 0.378 e. The number of rotatable bonds is 5. The molecule has 2 unspecified atom stereocenters. The topological polar surface area (TPSA) is 21.3 Å². The van der Waals surface area contributed by atoms with Crippen LogP contribution in [0.5, 0.6) is 0 Å². The summed E-state index contributed by atoms with van der Waals surface area (Å²) >= 11 is 0. The fraction of sp³-hybridized carbons (Fsp3) is 0.625. The molecule has 1 saturated carbocycles. The molecule has 1 aliphatic carbocycles. The average Bonchev–Trinajstić information content (AvgIpc) is 2.37. The molecule has 1 aromatic rings. The quantitative estimate of drug-likeness (QED) is 0.877. The number of hydrogen-bond donors (Lipinski definition) is 1. The lowest BCUT2D eigenvalue weighted by atomic mass is 9.64. The van der Waals surface area contributed by atoms with Crippen molar-refractivity contribution < 1.29 is 9.13 Å². The monoisotopic (exact) mass is 265 g/mol. The molecule has 1 aromatic carbocycles. The van der Waals surface area contributed by atoms with Crippen LogP contribution < -0.4 is 5.32 Å². The summed E-state index contributed by atoms with van der Waals surface area (Å²) < 4.78 is 19.0. The Morgan fingerprint density at radius 1 is 1.47 bits per heavy atom. The summed E-state index contributed by atoms with van der Waals surface area (Å²) in [4.78, 5) is 0. The Balaban J connectivity index is 1.96. The zero-order valence-corrected chi connectivity index (χ0v) is 12.2. The number of halogens is 1. The molecule has 0 saturated heterocycles. The molecule has 1 N–H and O–H groups in total. The summed E-state index contributed by atoms with van der Waals surface area (Å²) in [5, 5.41) is 3.59. The fourth-order valence-corrected chi connectivity index (χ4v) is 2.83. The lowest BCUT2D eigenvalue weighted by Crippen LogP contribution is -2.61. The van der Waals surface area contributed by atoms with Crippen LogP contribution in [0, 0.1) is 11.2 Å². The predicted octanol–water partition coefficient (Wildman–Crippen LogP) is 3.68. The first-order chi connectivity index (χ1) is 8.95. The lowest BCUT2D eigenvalue weighted by molar-refractivity contribution is -0.116. The molecule has 1 fully saturated rings. The highest BCUT2D eigenvalue weighted by Crippen LogP contribution is 2.43. The van der Waals surface area contributed by atoms with Crippen LogP contribution in [0.1, 0.15) is 45.7 Å². The maximum Gasteiger partial charge on any atom is 0.123 e. The minimum Gasteiger partial charge on any atom is -0.378 e. The number of nitrogens with one attached hydrogen (secondary N) is 1. The Bertz CT molecular complexity index is 433. The Morgan fingerprint density at radius 3 is 2.79 bits per heavy atom. The first kappa shape index (κ1) is 14.5. The number of ether oxygens (including phenoxy) is 1. The Hall–Kier alpha value is -0.930. The van der Waals surface area contributed by atoms with E-state index in [1.807, 2.05) is 13.0 Å². The average molecular weight is 265 g/mol. The van der Waals surface area contributed by atoms with Gasteiger partial charge in [-0.1, -0.05) is 26.0 Å². The second-order valence-corrected chi connectivity index (χ2v) is 6.00. The highest BCUT2D eigenvalue weighted by atomic mass is 19.1. The van der Waals surface area contributed by atoms with Crippen molar-refractivity contribution in [2.45, 2.75) is 52.3 Å². The van der Waals surface area contributed by atoms with Gasteiger partial charge in [-0.2, -0.15) is 0 Å². The second-order valence-electron chi connectivity index (χ2n) is 6.00. The SMILES string of the molecule is CCOC1CC(N[C@H](C)c2cccc(F)c2)C1(C)C. The maximum atomic E-state index is 13.2. The van der Waals surface area contributed by atoms with E-state index in [1.54, 1.807) is 12.1 Å². The van der Waals surface area contributed by atoms with Gasteiger partial charge in [-0.25, -0.2) is 4.39 Å². The van der Waals surface area contributed by atoms with E-state index in [2.05, 4.69) is 26.1 Å². The van der Waals surface area contributed by atoms with E-state index < -0.39 is 0 Å². The maximum absolute atomic E-state index is 13.2. The van der Waals surface area contributed by atoms with Crippen molar-refractivity contribution in [2.75, 3.05) is 6.61 Å². The van der Waals surface area contributed by atoms with Gasteiger partial charge in [0.1, 0.15) is 5.82 Å². The molecule has 3 atom stereocenters. The molecule has 0 spiro atoms. The minimum absolute atomic E-state index is 0.137. The Kier molecular flexibility index (Phi) is 4.26. The zero-order valence-electron chi connectivity index (χ0n) is 12.2. The van der Waals surface area contributed by atoms with Gasteiger partial charge in [-0.3, -0.25) is 0 Å². The van der Waals surface area contributed by atoms with Gasteiger partial charge in [0.2, 0.25) is 0 Å². The second kappa shape index (κ2) is 5.59. The van der Waals surface area contributed by atoms with Crippen LogP contribution in [0.2, 0.25) is 0 Å². The van der Waals surface area contributed by atoms with Gasteiger partial charge in [-0.15, -0.1) is 0 Å². The molecule has 0 radical (unpaired) electrons. The minimum atomic E-state index is -0.175. The van der Waals surface area contributed by atoms with Crippen LogP contribution in [0.25, 0.3) is 0 Å². The van der Waals surface area contributed by atoms with Gasteiger partial charge in [0.15, 0.2) is 0 Å². The van der Waals surface area contributed by atoms with Crippen molar-refractivity contribution in [3.8, 4) is 0 Å². The summed E-state index contributed by atoms with van der Waals surface area (Å²) in [6.07, 6.45) is 1.36. The first-order valence-electron chi connectivity index (χ1n) is 7.08. The predicted molar refractivity (Wildman–Crippen MR) is 75.6 cm³/mol. The Labute approximate surface area is 115 Å². The molecule has 0 aromatic heterocycles. The van der Waals surface area contributed by atoms with Crippen molar-refractivity contribution in [3.63, 3.8) is 0 Å². The molecule has 0 bridgehead atoms. The number of benzene rings is 1. The van der Waals surface area contributed by atoms with Crippen LogP contribution in [-0.4, -0.2) is 18.8 Å². The van der Waals surface area contributed by atoms with Gasteiger partial charge >= 0.3 is 0 Å². The number of hydrogen-bond acceptors (Lipinski definition) is 2. The van der Waals surface area contributed by atoms with Crippen molar-refractivity contribution in [3.05, 3.63) is 35.6 Å². The molecule has 0 aliphatic heterocycles. The van der Waals surface area contributed by atoms with E-state index in [-0.39, 0.29) is 17.3 Å². The third-order valence-electron chi connectivity index (χ3n) is 4.35. The standard InChI is InChI=1S/C16H24FNO/c1-5-19-15-10-14(16(15,3)4)18-11(2)12-7-6-8-13(17)9-12/h6-9,11,14-15,18H,5,10H2,1-4H3/t11-,14?,15?/m1/s1. The molecule has 0 heterocycles. The fourth-order valence-electron chi connectivity index (χ4n) is 2.83. The summed E-state index contributed by atoms with van der Waals surface area (Å²) in [5.74, 6) is -0.175. The van der Waals surface area contributed by atoms with Gasteiger partial charge < -0.3 is 10.1 Å². The molecule has 0 amide bonds. The van der Waals surface area contributed by atoms with Crippen LogP contribution in [0.4, 0.5) is 4.39 Å². The van der Waals surface area contributed by atoms with Gasteiger partial charge in [0.25, 0.3) is 0 Å². The van der Waals surface area contributed by atoms with Crippen LogP contribution >= 0.6 is 0 Å². The molecule has 2 rings (SSSR count). The molecular formula is C16H24FNO. The van der Waals surface area contributed by atoms with E-state index in [0.29, 0.717) is 12.1 Å². The van der Waals surface area contributed by atoms with E-state index in [0.717, 1.165) is 18.6 Å². The summed E-state index contributed by atoms with van der Waals surface area (Å²) in [6, 6.07) is 7.38. The third kappa shape index (κ3) is 2.98. The summed E-state index contributed by atoms with van der Waals surface area (Å²) in [7, 11) is 0. The first-order valence-corrected chi connectivity index (χ1v) is 7.08. The zero-order chi connectivity index (χ0) is 14.0. The lowest BCUT2D eigenvalue weighted by Gasteiger charge is -2.52. The third-order valence-corrected chi connectivity index (χ3v) is 4.35. The van der Waals surface area contributed by atoms with Crippen molar-refractivity contribution >= 4 is 0 Å². The van der Waals surface area contributed by atoms with Crippen LogP contribution in [0.3, 0.4) is 0 Å². The van der Waals surface area contributed by atoms with Crippen molar-refractivity contribution in [1.29, 1.82) is 0 Å². The van der Waals surface area contributed by atoms with Gasteiger partial charge in [0, 0.05) is 24.1 Å².